The summed E-state index contributed by atoms with van der Waals surface area (Å²) in [6.07, 6.45) is 0. The van der Waals surface area contributed by atoms with Crippen molar-refractivity contribution in [2.24, 2.45) is 11.8 Å². The van der Waals surface area contributed by atoms with Crippen LogP contribution in [0.15, 0.2) is 0 Å². The largest absolute Gasteiger partial charge is 0.316 e. The second-order valence-electron chi connectivity index (χ2n) is 6.99. The molecule has 2 atom stereocenters. The third kappa shape index (κ3) is 3.07. The quantitative estimate of drug-likeness (QED) is 0.775. The molecule has 118 valence electrons. The van der Waals surface area contributed by atoms with E-state index in [0.29, 0.717) is 5.78 Å². The van der Waals surface area contributed by atoms with Crippen molar-refractivity contribution < 1.29 is 4.79 Å². The van der Waals surface area contributed by atoms with Crippen LogP contribution in [0.2, 0.25) is 0 Å². The Morgan fingerprint density at radius 3 is 1.60 bits per heavy atom. The number of ketones is 1. The van der Waals surface area contributed by atoms with E-state index in [4.69, 9.17) is 0 Å². The molecule has 0 aliphatic carbocycles. The van der Waals surface area contributed by atoms with E-state index in [0.717, 1.165) is 26.2 Å². The van der Waals surface area contributed by atoms with Crippen LogP contribution in [-0.2, 0) is 4.79 Å². The molecule has 0 aromatic carbocycles. The summed E-state index contributed by atoms with van der Waals surface area (Å²) < 4.78 is 0. The van der Waals surface area contributed by atoms with Gasteiger partial charge in [0, 0.05) is 36.0 Å². The van der Waals surface area contributed by atoms with Gasteiger partial charge in [0.05, 0.1) is 0 Å². The zero-order valence-corrected chi connectivity index (χ0v) is 14.3. The highest BCUT2D eigenvalue weighted by molar-refractivity contribution is 5.87. The fraction of sp³-hybridized carbons (Fsp3) is 0.938. The van der Waals surface area contributed by atoms with Crippen molar-refractivity contribution in [2.75, 3.05) is 33.2 Å². The average molecular weight is 283 g/mol. The molecule has 4 heteroatoms. The Bertz CT molecular complexity index is 309. The summed E-state index contributed by atoms with van der Waals surface area (Å²) in [5.74, 6) is 0.494. The first-order valence-corrected chi connectivity index (χ1v) is 7.90. The van der Waals surface area contributed by atoms with Crippen LogP contribution in [0.5, 0.6) is 0 Å². The summed E-state index contributed by atoms with van der Waals surface area (Å²) in [5.41, 5.74) is -0.239. The van der Waals surface area contributed by atoms with E-state index in [1.807, 2.05) is 0 Å². The van der Waals surface area contributed by atoms with Gasteiger partial charge in [0.15, 0.2) is 0 Å². The van der Waals surface area contributed by atoms with E-state index in [1.165, 1.54) is 0 Å². The molecule has 2 N–H and O–H groups in total. The molecule has 1 rings (SSSR count). The van der Waals surface area contributed by atoms with Gasteiger partial charge >= 0.3 is 0 Å². The molecule has 0 saturated carbocycles. The summed E-state index contributed by atoms with van der Waals surface area (Å²) in [6, 6.07) is 0. The predicted octanol–water partition coefficient (Wildman–Crippen LogP) is 1.51. The second kappa shape index (κ2) is 6.54. The number of nitrogens with one attached hydrogen (secondary N) is 2. The van der Waals surface area contributed by atoms with Gasteiger partial charge in [0.25, 0.3) is 0 Å². The highest BCUT2D eigenvalue weighted by Crippen LogP contribution is 2.41. The van der Waals surface area contributed by atoms with Gasteiger partial charge in [-0.05, 0) is 47.8 Å². The number of hydrogen-bond donors (Lipinski definition) is 2. The van der Waals surface area contributed by atoms with Crippen molar-refractivity contribution in [3.63, 3.8) is 0 Å². The van der Waals surface area contributed by atoms with Crippen molar-refractivity contribution >= 4 is 5.78 Å². The molecule has 0 spiro atoms. The maximum absolute atomic E-state index is 13.0. The van der Waals surface area contributed by atoms with Crippen molar-refractivity contribution in [2.45, 2.75) is 52.6 Å². The van der Waals surface area contributed by atoms with Gasteiger partial charge in [-0.3, -0.25) is 9.69 Å². The van der Waals surface area contributed by atoms with Gasteiger partial charge in [0.1, 0.15) is 5.78 Å². The Morgan fingerprint density at radius 1 is 0.950 bits per heavy atom. The number of carbonyl (C=O) groups excluding carboxylic acids is 1. The van der Waals surface area contributed by atoms with Crippen LogP contribution in [-0.4, -0.2) is 55.0 Å². The predicted molar refractivity (Wildman–Crippen MR) is 85.0 cm³/mol. The summed E-state index contributed by atoms with van der Waals surface area (Å²) in [7, 11) is 2.16. The minimum absolute atomic E-state index is 0.0455. The topological polar surface area (TPSA) is 44.4 Å². The SMILES string of the molecule is CCNC[C@H]1C(=O)[C@H](CNCC)C(C)(C)N(C)C1(C)C. The summed E-state index contributed by atoms with van der Waals surface area (Å²) in [5, 5.41) is 6.72. The van der Waals surface area contributed by atoms with Crippen molar-refractivity contribution in [3.05, 3.63) is 0 Å². The third-order valence-corrected chi connectivity index (χ3v) is 5.32. The first kappa shape index (κ1) is 17.6. The van der Waals surface area contributed by atoms with E-state index in [2.05, 4.69) is 64.1 Å². The molecule has 0 aromatic heterocycles. The van der Waals surface area contributed by atoms with Gasteiger partial charge in [-0.1, -0.05) is 13.8 Å². The van der Waals surface area contributed by atoms with E-state index >= 15 is 0 Å². The summed E-state index contributed by atoms with van der Waals surface area (Å²) in [4.78, 5) is 15.4. The first-order valence-electron chi connectivity index (χ1n) is 7.90. The van der Waals surface area contributed by atoms with Gasteiger partial charge in [-0.15, -0.1) is 0 Å². The fourth-order valence-electron chi connectivity index (χ4n) is 3.43. The molecular formula is C16H33N3O. The van der Waals surface area contributed by atoms with Crippen LogP contribution in [0.4, 0.5) is 0 Å². The van der Waals surface area contributed by atoms with Gasteiger partial charge in [0.2, 0.25) is 0 Å². The standard InChI is InChI=1S/C16H33N3O/c1-8-17-10-12-14(20)13(11-18-9-2)16(5,6)19(7)15(12,3)4/h12-13,17-18H,8-11H2,1-7H3/t12-,13-/m0/s1. The number of nitrogens with zero attached hydrogens (tertiary/aromatic N) is 1. The third-order valence-electron chi connectivity index (χ3n) is 5.32. The Labute approximate surface area is 124 Å². The van der Waals surface area contributed by atoms with Crippen LogP contribution in [0.25, 0.3) is 0 Å². The molecule has 1 fully saturated rings. The molecule has 1 aliphatic rings. The van der Waals surface area contributed by atoms with E-state index in [1.54, 1.807) is 0 Å². The highest BCUT2D eigenvalue weighted by atomic mass is 16.1. The van der Waals surface area contributed by atoms with E-state index in [9.17, 15) is 4.79 Å². The molecule has 1 heterocycles. The lowest BCUT2D eigenvalue weighted by Crippen LogP contribution is -2.70. The van der Waals surface area contributed by atoms with E-state index < -0.39 is 0 Å². The monoisotopic (exact) mass is 283 g/mol. The van der Waals surface area contributed by atoms with Crippen LogP contribution < -0.4 is 10.6 Å². The van der Waals surface area contributed by atoms with Crippen molar-refractivity contribution in [3.8, 4) is 0 Å². The molecule has 0 amide bonds. The number of Topliss-reactive ketones (excluding diaryl/α,β-unsaturated/α-hetero) is 1. The lowest BCUT2D eigenvalue weighted by Gasteiger charge is -2.57. The highest BCUT2D eigenvalue weighted by Gasteiger charge is 2.54. The second-order valence-corrected chi connectivity index (χ2v) is 6.99. The number of rotatable bonds is 6. The Kier molecular flexibility index (Phi) is 5.76. The Hall–Kier alpha value is -0.450. The van der Waals surface area contributed by atoms with Crippen LogP contribution in [0.3, 0.4) is 0 Å². The van der Waals surface area contributed by atoms with Crippen molar-refractivity contribution in [1.82, 2.24) is 15.5 Å². The summed E-state index contributed by atoms with van der Waals surface area (Å²) >= 11 is 0. The molecule has 1 aliphatic heterocycles. The lowest BCUT2D eigenvalue weighted by molar-refractivity contribution is -0.151. The van der Waals surface area contributed by atoms with Crippen molar-refractivity contribution in [1.29, 1.82) is 0 Å². The van der Waals surface area contributed by atoms with Crippen LogP contribution in [0.1, 0.15) is 41.5 Å². The number of piperidine rings is 1. The minimum atomic E-state index is -0.120. The molecule has 0 radical (unpaired) electrons. The lowest BCUT2D eigenvalue weighted by atomic mass is 9.66. The number of likely N-dealkylation sites (tertiary alicyclic amines) is 1. The van der Waals surface area contributed by atoms with E-state index in [-0.39, 0.29) is 22.9 Å². The zero-order valence-electron chi connectivity index (χ0n) is 14.3. The molecule has 0 bridgehead atoms. The maximum Gasteiger partial charge on any atom is 0.145 e. The van der Waals surface area contributed by atoms with Gasteiger partial charge in [-0.25, -0.2) is 0 Å². The smallest absolute Gasteiger partial charge is 0.145 e. The van der Waals surface area contributed by atoms with Crippen LogP contribution >= 0.6 is 0 Å². The minimum Gasteiger partial charge on any atom is -0.316 e. The average Bonchev–Trinajstić information content (AvgIpc) is 2.37. The molecule has 0 unspecified atom stereocenters. The van der Waals surface area contributed by atoms with Crippen LogP contribution in [0, 0.1) is 11.8 Å². The first-order chi connectivity index (χ1) is 9.21. The van der Waals surface area contributed by atoms with Gasteiger partial charge < -0.3 is 10.6 Å². The molecule has 4 nitrogen and oxygen atoms in total. The fourth-order valence-corrected chi connectivity index (χ4v) is 3.43. The normalized spacial score (nSPS) is 29.6. The zero-order chi connectivity index (χ0) is 15.6. The Morgan fingerprint density at radius 2 is 1.30 bits per heavy atom. The number of hydrogen-bond acceptors (Lipinski definition) is 4. The summed E-state index contributed by atoms with van der Waals surface area (Å²) in [6.45, 7) is 16.3. The van der Waals surface area contributed by atoms with Gasteiger partial charge in [-0.2, -0.15) is 0 Å². The molecule has 0 aromatic rings. The maximum atomic E-state index is 13.0. The molecule has 20 heavy (non-hydrogen) atoms. The molecular weight excluding hydrogens is 250 g/mol. The molecule has 1 saturated heterocycles. The Balaban J connectivity index is 3.05. The number of carbonyl (C=O) groups is 1.